The van der Waals surface area contributed by atoms with Gasteiger partial charge in [0.25, 0.3) is 0 Å². The normalized spacial score (nSPS) is 17.6. The smallest absolute Gasteiger partial charge is 0.166 e. The quantitative estimate of drug-likeness (QED) is 0.215. The molecule has 1 nitrogen and oxygen atoms in total. The zero-order valence-corrected chi connectivity index (χ0v) is 22.9. The fraction of sp³-hybridized carbons (Fsp3) is 0.471. The first kappa shape index (κ1) is 28.4. The van der Waals surface area contributed by atoms with Gasteiger partial charge in [0.1, 0.15) is 5.82 Å². The lowest BCUT2D eigenvalue weighted by molar-refractivity contribution is -0.0200. The molecule has 1 fully saturated rings. The van der Waals surface area contributed by atoms with Crippen LogP contribution in [0.4, 0.5) is 13.2 Å². The Balaban J connectivity index is 1.38. The second-order valence-electron chi connectivity index (χ2n) is 10.8. The number of benzene rings is 3. The summed E-state index contributed by atoms with van der Waals surface area (Å²) in [6, 6.07) is 15.6. The van der Waals surface area contributed by atoms with E-state index in [2.05, 4.69) is 6.92 Å². The third kappa shape index (κ3) is 7.08. The van der Waals surface area contributed by atoms with Gasteiger partial charge in [-0.25, -0.2) is 13.2 Å². The van der Waals surface area contributed by atoms with Crippen molar-refractivity contribution in [2.45, 2.75) is 90.6 Å². The molecule has 0 spiro atoms. The van der Waals surface area contributed by atoms with Crippen LogP contribution in [0.15, 0.2) is 54.6 Å². The summed E-state index contributed by atoms with van der Waals surface area (Å²) in [4.78, 5) is 0. The number of hydrogen-bond donors (Lipinski definition) is 0. The van der Waals surface area contributed by atoms with Crippen molar-refractivity contribution < 1.29 is 17.9 Å². The van der Waals surface area contributed by atoms with Crippen molar-refractivity contribution in [1.82, 2.24) is 0 Å². The molecule has 1 saturated heterocycles. The highest BCUT2D eigenvalue weighted by Gasteiger charge is 2.23. The topological polar surface area (TPSA) is 9.23 Å². The van der Waals surface area contributed by atoms with Crippen LogP contribution in [-0.2, 0) is 11.2 Å². The molecule has 0 radical (unpaired) electrons. The Morgan fingerprint density at radius 3 is 2.05 bits per heavy atom. The van der Waals surface area contributed by atoms with Gasteiger partial charge in [-0.2, -0.15) is 0 Å². The van der Waals surface area contributed by atoms with Crippen molar-refractivity contribution in [3.63, 3.8) is 0 Å². The van der Waals surface area contributed by atoms with Gasteiger partial charge in [-0.3, -0.25) is 0 Å². The van der Waals surface area contributed by atoms with Gasteiger partial charge in [-0.15, -0.1) is 0 Å². The van der Waals surface area contributed by atoms with Crippen molar-refractivity contribution in [2.24, 2.45) is 5.92 Å². The summed E-state index contributed by atoms with van der Waals surface area (Å²) >= 11 is 0. The Hall–Kier alpha value is -2.59. The number of ether oxygens (including phenoxy) is 1. The molecule has 2 atom stereocenters. The van der Waals surface area contributed by atoms with Crippen molar-refractivity contribution in [3.05, 3.63) is 83.2 Å². The van der Waals surface area contributed by atoms with Crippen molar-refractivity contribution >= 4 is 0 Å². The molecule has 0 aliphatic carbocycles. The highest BCUT2D eigenvalue weighted by atomic mass is 19.2. The predicted molar refractivity (Wildman–Crippen MR) is 151 cm³/mol. The average molecular weight is 523 g/mol. The molecule has 0 bridgehead atoms. The Bertz CT molecular complexity index is 1160. The van der Waals surface area contributed by atoms with Crippen LogP contribution in [0.2, 0.25) is 0 Å². The highest BCUT2D eigenvalue weighted by Crippen LogP contribution is 2.35. The van der Waals surface area contributed by atoms with E-state index in [-0.39, 0.29) is 17.5 Å². The van der Waals surface area contributed by atoms with Gasteiger partial charge in [-0.1, -0.05) is 101 Å². The molecule has 0 aromatic heterocycles. The van der Waals surface area contributed by atoms with Crippen LogP contribution >= 0.6 is 0 Å². The van der Waals surface area contributed by atoms with Gasteiger partial charge >= 0.3 is 0 Å². The van der Waals surface area contributed by atoms with E-state index in [0.717, 1.165) is 37.9 Å². The third-order valence-electron chi connectivity index (χ3n) is 7.92. The van der Waals surface area contributed by atoms with E-state index in [1.807, 2.05) is 13.0 Å². The molecule has 3 aromatic carbocycles. The molecule has 4 heteroatoms. The Morgan fingerprint density at radius 2 is 1.39 bits per heavy atom. The van der Waals surface area contributed by atoms with Gasteiger partial charge in [0, 0.05) is 11.1 Å². The Kier molecular flexibility index (Phi) is 10.5. The Morgan fingerprint density at radius 1 is 0.711 bits per heavy atom. The summed E-state index contributed by atoms with van der Waals surface area (Å²) in [6.07, 6.45) is 12.0. The van der Waals surface area contributed by atoms with E-state index in [1.165, 1.54) is 38.5 Å². The second-order valence-corrected chi connectivity index (χ2v) is 10.8. The summed E-state index contributed by atoms with van der Waals surface area (Å²) in [7, 11) is 0. The van der Waals surface area contributed by atoms with Crippen molar-refractivity contribution in [3.8, 4) is 22.3 Å². The zero-order valence-electron chi connectivity index (χ0n) is 22.9. The summed E-state index contributed by atoms with van der Waals surface area (Å²) in [5, 5.41) is 0. The summed E-state index contributed by atoms with van der Waals surface area (Å²) in [5.74, 6) is -1.28. The summed E-state index contributed by atoms with van der Waals surface area (Å²) in [6.45, 7) is 5.01. The highest BCUT2D eigenvalue weighted by molar-refractivity contribution is 5.71. The van der Waals surface area contributed by atoms with Gasteiger partial charge in [0.2, 0.25) is 0 Å². The number of unbranched alkanes of at least 4 members (excludes halogenated alkanes) is 5. The molecule has 0 amide bonds. The fourth-order valence-corrected chi connectivity index (χ4v) is 5.50. The zero-order chi connectivity index (χ0) is 26.9. The van der Waals surface area contributed by atoms with E-state index in [4.69, 9.17) is 4.74 Å². The Labute approximate surface area is 226 Å². The van der Waals surface area contributed by atoms with Crippen LogP contribution < -0.4 is 0 Å². The van der Waals surface area contributed by atoms with Crippen LogP contribution in [-0.4, -0.2) is 6.61 Å². The first-order valence-corrected chi connectivity index (χ1v) is 14.5. The molecular formula is C34H41F3O. The number of hydrogen-bond acceptors (Lipinski definition) is 1. The lowest BCUT2D eigenvalue weighted by Crippen LogP contribution is -2.20. The second kappa shape index (κ2) is 14.0. The summed E-state index contributed by atoms with van der Waals surface area (Å²) in [5.41, 5.74) is 3.27. The van der Waals surface area contributed by atoms with Crippen LogP contribution in [0, 0.1) is 23.4 Å². The minimum atomic E-state index is -0.826. The largest absolute Gasteiger partial charge is 0.373 e. The molecular weight excluding hydrogens is 481 g/mol. The van der Waals surface area contributed by atoms with Gasteiger partial charge in [0.05, 0.1) is 12.7 Å². The molecule has 3 aromatic rings. The monoisotopic (exact) mass is 522 g/mol. The first-order chi connectivity index (χ1) is 18.5. The molecule has 0 saturated carbocycles. The van der Waals surface area contributed by atoms with Crippen LogP contribution in [0.25, 0.3) is 22.3 Å². The van der Waals surface area contributed by atoms with Crippen molar-refractivity contribution in [1.29, 1.82) is 0 Å². The molecule has 1 aliphatic rings. The van der Waals surface area contributed by atoms with E-state index in [1.54, 1.807) is 48.5 Å². The molecule has 4 rings (SSSR count). The first-order valence-electron chi connectivity index (χ1n) is 14.5. The van der Waals surface area contributed by atoms with E-state index in [0.29, 0.717) is 34.6 Å². The number of halogens is 3. The summed E-state index contributed by atoms with van der Waals surface area (Å²) < 4.78 is 50.6. The SMILES string of the molecule is CCCCCCCC1CCC(c2ccc(-c3ccc(-c4ccc(CCCC)c(F)c4F)cc3)c(F)c2)OC1. The maximum absolute atomic E-state index is 15.2. The molecule has 2 unspecified atom stereocenters. The molecule has 1 heterocycles. The average Bonchev–Trinajstić information content (AvgIpc) is 2.94. The molecule has 1 aliphatic heterocycles. The standard InChI is InChI=1S/C34H41F3O/c1-3-5-7-8-9-10-24-12-21-32(38-23-24)28-18-19-29(31(35)22-28)25-13-15-26(16-14-25)30-20-17-27(11-6-4-2)33(36)34(30)37/h13-20,22,24,32H,3-12,21,23H2,1-2H3. The predicted octanol–water partition coefficient (Wildman–Crippen LogP) is 10.6. The lowest BCUT2D eigenvalue weighted by Gasteiger charge is -2.29. The molecule has 204 valence electrons. The third-order valence-corrected chi connectivity index (χ3v) is 7.92. The number of rotatable bonds is 12. The lowest BCUT2D eigenvalue weighted by atomic mass is 9.90. The van der Waals surface area contributed by atoms with E-state index < -0.39 is 11.6 Å². The maximum Gasteiger partial charge on any atom is 0.166 e. The van der Waals surface area contributed by atoms with Crippen LogP contribution in [0.3, 0.4) is 0 Å². The number of aryl methyl sites for hydroxylation is 1. The minimum absolute atomic E-state index is 0.0598. The van der Waals surface area contributed by atoms with Gasteiger partial charge in [-0.05, 0) is 66.3 Å². The molecule has 0 N–H and O–H groups in total. The van der Waals surface area contributed by atoms with Gasteiger partial charge in [0.15, 0.2) is 11.6 Å². The van der Waals surface area contributed by atoms with Crippen molar-refractivity contribution in [2.75, 3.05) is 6.61 Å². The minimum Gasteiger partial charge on any atom is -0.373 e. The van der Waals surface area contributed by atoms with E-state index in [9.17, 15) is 8.78 Å². The van der Waals surface area contributed by atoms with Gasteiger partial charge < -0.3 is 4.74 Å². The molecule has 38 heavy (non-hydrogen) atoms. The fourth-order valence-electron chi connectivity index (χ4n) is 5.50. The van der Waals surface area contributed by atoms with Crippen LogP contribution in [0.1, 0.15) is 95.3 Å². The van der Waals surface area contributed by atoms with Crippen LogP contribution in [0.5, 0.6) is 0 Å². The van der Waals surface area contributed by atoms with E-state index >= 15 is 4.39 Å². The maximum atomic E-state index is 15.2.